The molecule has 0 unspecified atom stereocenters. The molecule has 0 saturated heterocycles. The van der Waals surface area contributed by atoms with Crippen molar-refractivity contribution in [2.75, 3.05) is 11.6 Å². The first-order valence-corrected chi connectivity index (χ1v) is 9.96. The molecule has 2 aromatic carbocycles. The van der Waals surface area contributed by atoms with Crippen molar-refractivity contribution in [3.63, 3.8) is 0 Å². The van der Waals surface area contributed by atoms with E-state index in [9.17, 15) is 9.18 Å². The Hall–Kier alpha value is -3.19. The van der Waals surface area contributed by atoms with Crippen LogP contribution in [0.15, 0.2) is 59.9 Å². The van der Waals surface area contributed by atoms with Crippen molar-refractivity contribution in [1.82, 2.24) is 14.4 Å². The van der Waals surface area contributed by atoms with Crippen LogP contribution in [0.2, 0.25) is 0 Å². The SMILES string of the molecule is CSc1nccn2c(-c3ccc4c(c3)CC(=O)N4)c(-c3ccc(F)cc3)nc12. The van der Waals surface area contributed by atoms with Crippen molar-refractivity contribution in [2.45, 2.75) is 11.4 Å². The Kier molecular flexibility index (Phi) is 3.91. The summed E-state index contributed by atoms with van der Waals surface area (Å²) >= 11 is 1.52. The molecule has 0 spiro atoms. The number of halogens is 1. The first-order valence-electron chi connectivity index (χ1n) is 8.74. The molecule has 0 saturated carbocycles. The predicted molar refractivity (Wildman–Crippen MR) is 108 cm³/mol. The fourth-order valence-electron chi connectivity index (χ4n) is 3.56. The van der Waals surface area contributed by atoms with Crippen LogP contribution in [-0.4, -0.2) is 26.5 Å². The molecular weight excluding hydrogens is 375 g/mol. The highest BCUT2D eigenvalue weighted by atomic mass is 32.2. The number of imidazole rings is 1. The van der Waals surface area contributed by atoms with Crippen molar-refractivity contribution in [3.05, 3.63) is 66.2 Å². The summed E-state index contributed by atoms with van der Waals surface area (Å²) in [5.41, 5.74) is 5.96. The number of carbonyl (C=O) groups excluding carboxylic acids is 1. The summed E-state index contributed by atoms with van der Waals surface area (Å²) in [5, 5.41) is 3.68. The molecule has 4 aromatic rings. The maximum absolute atomic E-state index is 13.5. The zero-order valence-corrected chi connectivity index (χ0v) is 15.8. The lowest BCUT2D eigenvalue weighted by Gasteiger charge is -2.08. The fourth-order valence-corrected chi connectivity index (χ4v) is 4.05. The summed E-state index contributed by atoms with van der Waals surface area (Å²) in [7, 11) is 0. The predicted octanol–water partition coefficient (Wildman–Crippen LogP) is 4.42. The number of nitrogens with one attached hydrogen (secondary N) is 1. The van der Waals surface area contributed by atoms with E-state index in [2.05, 4.69) is 10.3 Å². The molecule has 1 N–H and O–H groups in total. The lowest BCUT2D eigenvalue weighted by Crippen LogP contribution is -2.03. The van der Waals surface area contributed by atoms with Crippen LogP contribution in [-0.2, 0) is 11.2 Å². The van der Waals surface area contributed by atoms with Crippen LogP contribution in [0.4, 0.5) is 10.1 Å². The molecule has 0 fully saturated rings. The Morgan fingerprint density at radius 3 is 2.71 bits per heavy atom. The van der Waals surface area contributed by atoms with Crippen LogP contribution in [0.5, 0.6) is 0 Å². The van der Waals surface area contributed by atoms with Crippen molar-refractivity contribution in [1.29, 1.82) is 0 Å². The Bertz CT molecular complexity index is 1230. The average Bonchev–Trinajstić information content (AvgIpc) is 3.27. The topological polar surface area (TPSA) is 59.3 Å². The molecule has 3 heterocycles. The van der Waals surface area contributed by atoms with E-state index >= 15 is 0 Å². The normalized spacial score (nSPS) is 13.0. The first-order chi connectivity index (χ1) is 13.6. The number of fused-ring (bicyclic) bond motifs is 2. The van der Waals surface area contributed by atoms with Crippen LogP contribution >= 0.6 is 11.8 Å². The van der Waals surface area contributed by atoms with E-state index in [1.165, 1.54) is 23.9 Å². The largest absolute Gasteiger partial charge is 0.326 e. The van der Waals surface area contributed by atoms with E-state index in [0.717, 1.165) is 44.4 Å². The van der Waals surface area contributed by atoms with Crippen LogP contribution in [0, 0.1) is 5.82 Å². The molecule has 0 aliphatic carbocycles. The molecule has 0 atom stereocenters. The van der Waals surface area contributed by atoms with Gasteiger partial charge in [0.1, 0.15) is 10.8 Å². The summed E-state index contributed by atoms with van der Waals surface area (Å²) in [6.45, 7) is 0. The summed E-state index contributed by atoms with van der Waals surface area (Å²) in [6.07, 6.45) is 5.95. The van der Waals surface area contributed by atoms with Crippen LogP contribution in [0.25, 0.3) is 28.2 Å². The van der Waals surface area contributed by atoms with E-state index in [0.29, 0.717) is 6.42 Å². The minimum Gasteiger partial charge on any atom is -0.326 e. The van der Waals surface area contributed by atoms with Gasteiger partial charge in [-0.2, -0.15) is 0 Å². The number of benzene rings is 2. The third kappa shape index (κ3) is 2.66. The van der Waals surface area contributed by atoms with Crippen molar-refractivity contribution in [3.8, 4) is 22.5 Å². The van der Waals surface area contributed by atoms with Gasteiger partial charge in [0.25, 0.3) is 0 Å². The van der Waals surface area contributed by atoms with Gasteiger partial charge < -0.3 is 5.32 Å². The van der Waals surface area contributed by atoms with Gasteiger partial charge in [-0.1, -0.05) is 6.07 Å². The van der Waals surface area contributed by atoms with Gasteiger partial charge in [-0.25, -0.2) is 14.4 Å². The highest BCUT2D eigenvalue weighted by molar-refractivity contribution is 7.98. The van der Waals surface area contributed by atoms with Gasteiger partial charge in [0.2, 0.25) is 5.91 Å². The third-order valence-corrected chi connectivity index (χ3v) is 5.50. The highest BCUT2D eigenvalue weighted by Gasteiger charge is 2.22. The average molecular weight is 390 g/mol. The Morgan fingerprint density at radius 2 is 1.93 bits per heavy atom. The van der Waals surface area contributed by atoms with E-state index in [1.807, 2.05) is 35.1 Å². The van der Waals surface area contributed by atoms with Gasteiger partial charge in [-0.05, 0) is 48.2 Å². The van der Waals surface area contributed by atoms with Crippen molar-refractivity contribution >= 4 is 29.0 Å². The molecule has 1 aliphatic rings. The maximum Gasteiger partial charge on any atom is 0.228 e. The van der Waals surface area contributed by atoms with E-state index < -0.39 is 0 Å². The molecule has 28 heavy (non-hydrogen) atoms. The first kappa shape index (κ1) is 16.9. The van der Waals surface area contributed by atoms with Gasteiger partial charge in [-0.3, -0.25) is 9.20 Å². The van der Waals surface area contributed by atoms with Crippen LogP contribution in [0.1, 0.15) is 5.56 Å². The molecule has 7 heteroatoms. The van der Waals surface area contributed by atoms with Gasteiger partial charge >= 0.3 is 0 Å². The molecule has 5 rings (SSSR count). The molecule has 0 radical (unpaired) electrons. The number of amides is 1. The minimum atomic E-state index is -0.289. The monoisotopic (exact) mass is 390 g/mol. The number of hydrogen-bond acceptors (Lipinski definition) is 4. The van der Waals surface area contributed by atoms with E-state index in [1.54, 1.807) is 18.3 Å². The second kappa shape index (κ2) is 6.45. The van der Waals surface area contributed by atoms with Crippen LogP contribution in [0.3, 0.4) is 0 Å². The minimum absolute atomic E-state index is 0.00193. The van der Waals surface area contributed by atoms with E-state index in [4.69, 9.17) is 4.98 Å². The molecule has 2 aromatic heterocycles. The quantitative estimate of drug-likeness (QED) is 0.526. The number of thioether (sulfide) groups is 1. The number of rotatable bonds is 3. The lowest BCUT2D eigenvalue weighted by molar-refractivity contribution is -0.115. The van der Waals surface area contributed by atoms with Gasteiger partial charge in [0.05, 0.1) is 17.8 Å². The summed E-state index contributed by atoms with van der Waals surface area (Å²) in [6, 6.07) is 12.2. The Labute approximate surface area is 164 Å². The number of anilines is 1. The molecule has 1 aliphatic heterocycles. The number of carbonyl (C=O) groups is 1. The number of hydrogen-bond donors (Lipinski definition) is 1. The van der Waals surface area contributed by atoms with Crippen molar-refractivity contribution < 1.29 is 9.18 Å². The highest BCUT2D eigenvalue weighted by Crippen LogP contribution is 2.37. The molecular formula is C21H15FN4OS. The maximum atomic E-state index is 13.5. The van der Waals surface area contributed by atoms with Crippen LogP contribution < -0.4 is 5.32 Å². The lowest BCUT2D eigenvalue weighted by atomic mass is 10.0. The third-order valence-electron chi connectivity index (χ3n) is 4.82. The van der Waals surface area contributed by atoms with Gasteiger partial charge in [0.15, 0.2) is 5.65 Å². The summed E-state index contributed by atoms with van der Waals surface area (Å²) in [4.78, 5) is 21.0. The van der Waals surface area contributed by atoms with E-state index in [-0.39, 0.29) is 11.7 Å². The van der Waals surface area contributed by atoms with Gasteiger partial charge in [-0.15, -0.1) is 11.8 Å². The Balaban J connectivity index is 1.79. The molecule has 0 bridgehead atoms. The fraction of sp³-hybridized carbons (Fsp3) is 0.0952. The zero-order chi connectivity index (χ0) is 19.3. The van der Waals surface area contributed by atoms with Gasteiger partial charge in [0, 0.05) is 29.2 Å². The molecule has 1 amide bonds. The van der Waals surface area contributed by atoms with Crippen molar-refractivity contribution in [2.24, 2.45) is 0 Å². The number of aromatic nitrogens is 3. The molecule has 138 valence electrons. The summed E-state index contributed by atoms with van der Waals surface area (Å²) < 4.78 is 15.5. The standard InChI is InChI=1S/C21H15FN4OS/c1-28-21-20-25-18(12-2-5-15(22)6-3-12)19(26(20)9-8-23-21)13-4-7-16-14(10-13)11-17(27)24-16/h2-10H,11H2,1H3,(H,24,27). The Morgan fingerprint density at radius 1 is 1.14 bits per heavy atom. The number of nitrogens with zero attached hydrogens (tertiary/aromatic N) is 3. The second-order valence-electron chi connectivity index (χ2n) is 6.54. The smallest absolute Gasteiger partial charge is 0.228 e. The molecule has 5 nitrogen and oxygen atoms in total. The summed E-state index contributed by atoms with van der Waals surface area (Å²) in [5.74, 6) is -0.291. The second-order valence-corrected chi connectivity index (χ2v) is 7.34. The zero-order valence-electron chi connectivity index (χ0n) is 14.9.